The fourth-order valence-corrected chi connectivity index (χ4v) is 2.80. The van der Waals surface area contributed by atoms with Gasteiger partial charge < -0.3 is 9.47 Å². The number of ether oxygens (including phenoxy) is 2. The molecule has 0 saturated heterocycles. The summed E-state index contributed by atoms with van der Waals surface area (Å²) in [7, 11) is 0. The lowest BCUT2D eigenvalue weighted by Gasteiger charge is -2.04. The molecule has 1 aromatic carbocycles. The van der Waals surface area contributed by atoms with Crippen LogP contribution in [-0.4, -0.2) is 22.5 Å². The van der Waals surface area contributed by atoms with Crippen molar-refractivity contribution in [3.63, 3.8) is 0 Å². The van der Waals surface area contributed by atoms with Crippen LogP contribution in [0.5, 0.6) is 11.5 Å². The molecule has 1 aliphatic heterocycles. The predicted molar refractivity (Wildman–Crippen MR) is 81.6 cm³/mol. The first-order valence-electron chi connectivity index (χ1n) is 7.00. The van der Waals surface area contributed by atoms with Crippen molar-refractivity contribution in [3.8, 4) is 28.8 Å². The largest absolute Gasteiger partial charge is 0.454 e. The number of carbonyl (C=O) groups excluding carboxylic acids is 1. The number of aryl methyl sites for hydroxylation is 1. The summed E-state index contributed by atoms with van der Waals surface area (Å²) in [5, 5.41) is 9.17. The molecule has 0 bridgehead atoms. The van der Waals surface area contributed by atoms with Gasteiger partial charge in [0.05, 0.1) is 5.56 Å². The Bertz CT molecular complexity index is 998. The van der Waals surface area contributed by atoms with E-state index >= 15 is 0 Å². The van der Waals surface area contributed by atoms with Crippen molar-refractivity contribution >= 4 is 11.9 Å². The molecule has 2 aromatic heterocycles. The molecule has 0 amide bonds. The first kappa shape index (κ1) is 13.3. The number of hydrogen-bond acceptors (Lipinski definition) is 5. The van der Waals surface area contributed by atoms with E-state index in [1.165, 1.54) is 0 Å². The van der Waals surface area contributed by atoms with Crippen molar-refractivity contribution in [1.29, 1.82) is 5.26 Å². The number of benzene rings is 1. The minimum atomic E-state index is 0.190. The smallest absolute Gasteiger partial charge is 0.231 e. The second-order valence-corrected chi connectivity index (χ2v) is 5.17. The molecule has 23 heavy (non-hydrogen) atoms. The predicted octanol–water partition coefficient (Wildman–Crippen LogP) is 2.72. The van der Waals surface area contributed by atoms with Crippen LogP contribution in [-0.2, 0) is 0 Å². The molecule has 3 aromatic rings. The third kappa shape index (κ3) is 1.87. The summed E-state index contributed by atoms with van der Waals surface area (Å²) in [5.41, 5.74) is 3.54. The summed E-state index contributed by atoms with van der Waals surface area (Å²) in [6.07, 6.45) is 0.758. The van der Waals surface area contributed by atoms with Crippen LogP contribution in [0.25, 0.3) is 16.9 Å². The SMILES string of the molecule is Cc1c(C#N)ccc2nc(-c3ccc4c(c3)OCO4)c(C=O)n12. The van der Waals surface area contributed by atoms with Crippen molar-refractivity contribution < 1.29 is 14.3 Å². The highest BCUT2D eigenvalue weighted by Crippen LogP contribution is 2.36. The van der Waals surface area contributed by atoms with Crippen molar-refractivity contribution in [3.05, 3.63) is 47.3 Å². The van der Waals surface area contributed by atoms with E-state index in [1.807, 2.05) is 6.07 Å². The van der Waals surface area contributed by atoms with E-state index in [-0.39, 0.29) is 6.79 Å². The highest BCUT2D eigenvalue weighted by molar-refractivity contribution is 5.87. The summed E-state index contributed by atoms with van der Waals surface area (Å²) in [6.45, 7) is 1.98. The van der Waals surface area contributed by atoms with Gasteiger partial charge in [0.2, 0.25) is 6.79 Å². The zero-order valence-electron chi connectivity index (χ0n) is 12.2. The maximum absolute atomic E-state index is 11.7. The maximum Gasteiger partial charge on any atom is 0.231 e. The second-order valence-electron chi connectivity index (χ2n) is 5.17. The van der Waals surface area contributed by atoms with Crippen LogP contribution in [0.3, 0.4) is 0 Å². The van der Waals surface area contributed by atoms with E-state index in [1.54, 1.807) is 35.6 Å². The molecule has 0 N–H and O–H groups in total. The van der Waals surface area contributed by atoms with Gasteiger partial charge in [0, 0.05) is 11.3 Å². The van der Waals surface area contributed by atoms with Crippen LogP contribution in [0.1, 0.15) is 21.7 Å². The van der Waals surface area contributed by atoms with E-state index in [9.17, 15) is 4.79 Å². The lowest BCUT2D eigenvalue weighted by molar-refractivity contribution is 0.111. The van der Waals surface area contributed by atoms with E-state index in [4.69, 9.17) is 14.7 Å². The Morgan fingerprint density at radius 3 is 2.87 bits per heavy atom. The topological polar surface area (TPSA) is 76.6 Å². The van der Waals surface area contributed by atoms with Crippen molar-refractivity contribution in [2.24, 2.45) is 0 Å². The highest BCUT2D eigenvalue weighted by atomic mass is 16.7. The van der Waals surface area contributed by atoms with E-state index < -0.39 is 0 Å². The van der Waals surface area contributed by atoms with Crippen LogP contribution < -0.4 is 9.47 Å². The number of fused-ring (bicyclic) bond motifs is 2. The molecule has 0 unspecified atom stereocenters. The van der Waals surface area contributed by atoms with Gasteiger partial charge >= 0.3 is 0 Å². The summed E-state index contributed by atoms with van der Waals surface area (Å²) < 4.78 is 12.4. The second kappa shape index (κ2) is 4.85. The number of aldehydes is 1. The van der Waals surface area contributed by atoms with Gasteiger partial charge in [-0.05, 0) is 37.3 Å². The molecule has 3 heterocycles. The standard InChI is InChI=1S/C17H11N3O3/c1-10-12(7-18)3-5-16-19-17(13(8-21)20(10)16)11-2-4-14-15(6-11)23-9-22-14/h2-6,8H,9H2,1H3. The lowest BCUT2D eigenvalue weighted by atomic mass is 10.1. The monoisotopic (exact) mass is 305 g/mol. The summed E-state index contributed by atoms with van der Waals surface area (Å²) in [4.78, 5) is 16.2. The highest BCUT2D eigenvalue weighted by Gasteiger charge is 2.19. The zero-order valence-corrected chi connectivity index (χ0v) is 12.2. The van der Waals surface area contributed by atoms with Crippen LogP contribution in [0, 0.1) is 18.3 Å². The molecule has 0 saturated carbocycles. The molecule has 112 valence electrons. The number of aromatic nitrogens is 2. The number of imidazole rings is 1. The minimum absolute atomic E-state index is 0.190. The molecule has 0 atom stereocenters. The molecule has 0 aliphatic carbocycles. The van der Waals surface area contributed by atoms with E-state index in [0.29, 0.717) is 39.8 Å². The number of hydrogen-bond donors (Lipinski definition) is 0. The Labute approximate surface area is 131 Å². The van der Waals surface area contributed by atoms with Gasteiger partial charge in [0.15, 0.2) is 17.8 Å². The number of carbonyl (C=O) groups is 1. The van der Waals surface area contributed by atoms with Gasteiger partial charge in [-0.2, -0.15) is 5.26 Å². The Kier molecular flexibility index (Phi) is 2.81. The van der Waals surface area contributed by atoms with E-state index in [0.717, 1.165) is 11.8 Å². The van der Waals surface area contributed by atoms with Crippen molar-refractivity contribution in [2.75, 3.05) is 6.79 Å². The van der Waals surface area contributed by atoms with Gasteiger partial charge in [-0.25, -0.2) is 4.98 Å². The number of nitrogens with zero attached hydrogens (tertiary/aromatic N) is 3. The number of pyridine rings is 1. The van der Waals surface area contributed by atoms with Crippen LogP contribution in [0.2, 0.25) is 0 Å². The van der Waals surface area contributed by atoms with Crippen LogP contribution in [0.15, 0.2) is 30.3 Å². The van der Waals surface area contributed by atoms with Gasteiger partial charge in [0.25, 0.3) is 0 Å². The first-order valence-corrected chi connectivity index (χ1v) is 7.00. The van der Waals surface area contributed by atoms with Crippen LogP contribution >= 0.6 is 0 Å². The minimum Gasteiger partial charge on any atom is -0.454 e. The van der Waals surface area contributed by atoms with Crippen molar-refractivity contribution in [1.82, 2.24) is 9.38 Å². The molecular weight excluding hydrogens is 294 g/mol. The molecule has 1 aliphatic rings. The van der Waals surface area contributed by atoms with Gasteiger partial charge in [0.1, 0.15) is 23.1 Å². The zero-order chi connectivity index (χ0) is 16.0. The fraction of sp³-hybridized carbons (Fsp3) is 0.118. The average Bonchev–Trinajstić information content (AvgIpc) is 3.18. The quantitative estimate of drug-likeness (QED) is 0.680. The van der Waals surface area contributed by atoms with Crippen molar-refractivity contribution in [2.45, 2.75) is 6.92 Å². The summed E-state index contributed by atoms with van der Waals surface area (Å²) in [6, 6.07) is 11.0. The Hall–Kier alpha value is -3.33. The van der Waals surface area contributed by atoms with E-state index in [2.05, 4.69) is 11.1 Å². The third-order valence-corrected chi connectivity index (χ3v) is 3.94. The first-order chi connectivity index (χ1) is 11.2. The maximum atomic E-state index is 11.7. The Morgan fingerprint density at radius 2 is 2.09 bits per heavy atom. The molecule has 6 nitrogen and oxygen atoms in total. The average molecular weight is 305 g/mol. The van der Waals surface area contributed by atoms with Gasteiger partial charge in [-0.3, -0.25) is 9.20 Å². The molecule has 0 radical (unpaired) electrons. The lowest BCUT2D eigenvalue weighted by Crippen LogP contribution is -1.99. The molecular formula is C17H11N3O3. The molecule has 4 rings (SSSR count). The molecule has 0 spiro atoms. The Balaban J connectivity index is 1.99. The van der Waals surface area contributed by atoms with Crippen LogP contribution in [0.4, 0.5) is 0 Å². The number of nitriles is 1. The normalized spacial score (nSPS) is 12.3. The third-order valence-electron chi connectivity index (χ3n) is 3.94. The van der Waals surface area contributed by atoms with Gasteiger partial charge in [-0.15, -0.1) is 0 Å². The number of rotatable bonds is 2. The summed E-state index contributed by atoms with van der Waals surface area (Å²) >= 11 is 0. The molecule has 6 heteroatoms. The Morgan fingerprint density at radius 1 is 1.26 bits per heavy atom. The fourth-order valence-electron chi connectivity index (χ4n) is 2.80. The summed E-state index contributed by atoms with van der Waals surface area (Å²) in [5.74, 6) is 1.30. The molecule has 0 fully saturated rings. The van der Waals surface area contributed by atoms with Gasteiger partial charge in [-0.1, -0.05) is 0 Å².